The van der Waals surface area contributed by atoms with Gasteiger partial charge >= 0.3 is 5.97 Å². The summed E-state index contributed by atoms with van der Waals surface area (Å²) in [6.45, 7) is 2.69. The highest BCUT2D eigenvalue weighted by Gasteiger charge is 2.16. The highest BCUT2D eigenvalue weighted by Crippen LogP contribution is 2.34. The number of halogens is 2. The van der Waals surface area contributed by atoms with Crippen molar-refractivity contribution in [2.45, 2.75) is 32.6 Å². The van der Waals surface area contributed by atoms with Gasteiger partial charge in [-0.1, -0.05) is 49.4 Å². The van der Waals surface area contributed by atoms with Gasteiger partial charge in [-0.3, -0.25) is 0 Å². The Bertz CT molecular complexity index is 706. The predicted octanol–water partition coefficient (Wildman–Crippen LogP) is 6.18. The van der Waals surface area contributed by atoms with Crippen molar-refractivity contribution in [1.82, 2.24) is 0 Å². The molecule has 0 saturated heterocycles. The summed E-state index contributed by atoms with van der Waals surface area (Å²) in [6, 6.07) is 9.71. The Hall–Kier alpha value is -1.91. The van der Waals surface area contributed by atoms with Crippen molar-refractivity contribution in [1.29, 1.82) is 0 Å². The first-order chi connectivity index (χ1) is 12.5. The molecule has 0 atom stereocenters. The van der Waals surface area contributed by atoms with Gasteiger partial charge in [0.25, 0.3) is 0 Å². The third-order valence-corrected chi connectivity index (χ3v) is 4.31. The van der Waals surface area contributed by atoms with Gasteiger partial charge in [0.15, 0.2) is 5.75 Å². The summed E-state index contributed by atoms with van der Waals surface area (Å²) in [4.78, 5) is 12.3. The highest BCUT2D eigenvalue weighted by atomic mass is 35.5. The van der Waals surface area contributed by atoms with Gasteiger partial charge in [-0.25, -0.2) is 4.79 Å². The number of rotatable bonds is 9. The molecule has 2 rings (SSSR count). The van der Waals surface area contributed by atoms with Gasteiger partial charge in [0.2, 0.25) is 0 Å². The van der Waals surface area contributed by atoms with Crippen LogP contribution in [0.1, 0.15) is 43.0 Å². The molecule has 0 N–H and O–H groups in total. The van der Waals surface area contributed by atoms with Gasteiger partial charge in [-0.2, -0.15) is 0 Å². The van der Waals surface area contributed by atoms with Crippen molar-refractivity contribution in [3.05, 3.63) is 52.0 Å². The van der Waals surface area contributed by atoms with Crippen LogP contribution >= 0.6 is 23.2 Å². The molecule has 0 amide bonds. The Kier molecular flexibility index (Phi) is 8.07. The lowest BCUT2D eigenvalue weighted by Crippen LogP contribution is -2.09. The number of benzene rings is 2. The first kappa shape index (κ1) is 20.4. The minimum absolute atomic E-state index is 0.258. The first-order valence-electron chi connectivity index (χ1n) is 8.53. The summed E-state index contributed by atoms with van der Waals surface area (Å²) < 4.78 is 16.1. The summed E-state index contributed by atoms with van der Waals surface area (Å²) in [5.41, 5.74) is 0.258. The molecular weight excluding hydrogens is 375 g/mol. The van der Waals surface area contributed by atoms with Crippen LogP contribution in [0.4, 0.5) is 0 Å². The van der Waals surface area contributed by atoms with Crippen molar-refractivity contribution in [3.63, 3.8) is 0 Å². The van der Waals surface area contributed by atoms with E-state index >= 15 is 0 Å². The van der Waals surface area contributed by atoms with Crippen LogP contribution in [0.3, 0.4) is 0 Å². The molecule has 0 aliphatic carbocycles. The Morgan fingerprint density at radius 1 is 0.962 bits per heavy atom. The van der Waals surface area contributed by atoms with Crippen molar-refractivity contribution >= 4 is 29.2 Å². The molecule has 0 aliphatic heterocycles. The van der Waals surface area contributed by atoms with Gasteiger partial charge in [-0.05, 0) is 42.8 Å². The van der Waals surface area contributed by atoms with Crippen molar-refractivity contribution in [2.75, 3.05) is 13.7 Å². The Balaban J connectivity index is 2.01. The molecule has 0 radical (unpaired) electrons. The second kappa shape index (κ2) is 10.3. The average Bonchev–Trinajstić information content (AvgIpc) is 2.63. The molecule has 2 aromatic carbocycles. The number of methoxy groups -OCH3 is 1. The van der Waals surface area contributed by atoms with Gasteiger partial charge in [-0.15, -0.1) is 0 Å². The molecule has 26 heavy (non-hydrogen) atoms. The molecule has 0 unspecified atom stereocenters. The van der Waals surface area contributed by atoms with E-state index in [9.17, 15) is 4.79 Å². The Morgan fingerprint density at radius 3 is 2.15 bits per heavy atom. The fourth-order valence-corrected chi connectivity index (χ4v) is 2.92. The van der Waals surface area contributed by atoms with Gasteiger partial charge < -0.3 is 14.2 Å². The van der Waals surface area contributed by atoms with Crippen LogP contribution in [0.5, 0.6) is 17.2 Å². The molecule has 0 saturated carbocycles. The molecule has 6 heteroatoms. The van der Waals surface area contributed by atoms with Crippen LogP contribution in [-0.2, 0) is 0 Å². The lowest BCUT2D eigenvalue weighted by Gasteiger charge is -2.12. The quantitative estimate of drug-likeness (QED) is 0.288. The van der Waals surface area contributed by atoms with Crippen LogP contribution in [0.25, 0.3) is 0 Å². The fraction of sp³-hybridized carbons (Fsp3) is 0.350. The second-order valence-corrected chi connectivity index (χ2v) is 6.56. The number of ether oxygens (including phenoxy) is 3. The van der Waals surface area contributed by atoms with E-state index in [2.05, 4.69) is 6.92 Å². The number of hydrogen-bond acceptors (Lipinski definition) is 4. The molecule has 0 bridgehead atoms. The lowest BCUT2D eigenvalue weighted by atomic mass is 10.2. The molecule has 0 heterocycles. The molecule has 0 aromatic heterocycles. The Morgan fingerprint density at radius 2 is 1.58 bits per heavy atom. The topological polar surface area (TPSA) is 44.8 Å². The summed E-state index contributed by atoms with van der Waals surface area (Å²) in [5.74, 6) is 0.926. The SMILES string of the molecule is CCCCCCOc1c(Cl)cc(C(=O)Oc2ccc(OC)cc2)cc1Cl. The van der Waals surface area contributed by atoms with Gasteiger partial charge in [0, 0.05) is 0 Å². The number of esters is 1. The van der Waals surface area contributed by atoms with Crippen molar-refractivity contribution < 1.29 is 19.0 Å². The van der Waals surface area contributed by atoms with Gasteiger partial charge in [0.1, 0.15) is 11.5 Å². The van der Waals surface area contributed by atoms with Crippen LogP contribution < -0.4 is 14.2 Å². The second-order valence-electron chi connectivity index (χ2n) is 5.74. The maximum Gasteiger partial charge on any atom is 0.343 e. The van der Waals surface area contributed by atoms with Crippen LogP contribution in [-0.4, -0.2) is 19.7 Å². The maximum atomic E-state index is 12.3. The lowest BCUT2D eigenvalue weighted by molar-refractivity contribution is 0.0734. The third-order valence-electron chi connectivity index (χ3n) is 3.75. The Labute approximate surface area is 164 Å². The molecule has 140 valence electrons. The molecular formula is C20H22Cl2O4. The van der Waals surface area contributed by atoms with E-state index in [1.807, 2.05) is 0 Å². The number of unbranched alkanes of at least 4 members (excludes halogenated alkanes) is 3. The summed E-state index contributed by atoms with van der Waals surface area (Å²) in [5, 5.41) is 0.573. The molecule has 0 fully saturated rings. The minimum Gasteiger partial charge on any atom is -0.497 e. The van der Waals surface area contributed by atoms with Crippen LogP contribution in [0.15, 0.2) is 36.4 Å². The fourth-order valence-electron chi connectivity index (χ4n) is 2.33. The minimum atomic E-state index is -0.548. The predicted molar refractivity (Wildman–Crippen MR) is 104 cm³/mol. The average molecular weight is 397 g/mol. The van der Waals surface area contributed by atoms with E-state index < -0.39 is 5.97 Å². The highest BCUT2D eigenvalue weighted by molar-refractivity contribution is 6.37. The number of hydrogen-bond donors (Lipinski definition) is 0. The normalized spacial score (nSPS) is 10.5. The van der Waals surface area contributed by atoms with E-state index in [0.717, 1.165) is 19.3 Å². The summed E-state index contributed by atoms with van der Waals surface area (Å²) in [6.07, 6.45) is 4.35. The van der Waals surface area contributed by atoms with Crippen molar-refractivity contribution in [3.8, 4) is 17.2 Å². The van der Waals surface area contributed by atoms with E-state index in [1.54, 1.807) is 31.4 Å². The molecule has 0 spiro atoms. The summed E-state index contributed by atoms with van der Waals surface area (Å²) in [7, 11) is 1.57. The standard InChI is InChI=1S/C20H22Cl2O4/c1-3-4-5-6-11-25-19-17(21)12-14(13-18(19)22)20(23)26-16-9-7-15(24-2)8-10-16/h7-10,12-13H,3-6,11H2,1-2H3. The first-order valence-corrected chi connectivity index (χ1v) is 9.28. The molecule has 0 aliphatic rings. The van der Waals surface area contributed by atoms with E-state index in [4.69, 9.17) is 37.4 Å². The maximum absolute atomic E-state index is 12.3. The number of carbonyl (C=O) groups is 1. The van der Waals surface area contributed by atoms with E-state index in [0.29, 0.717) is 23.9 Å². The monoisotopic (exact) mass is 396 g/mol. The van der Waals surface area contributed by atoms with Gasteiger partial charge in [0.05, 0.1) is 29.3 Å². The summed E-state index contributed by atoms with van der Waals surface area (Å²) >= 11 is 12.5. The zero-order valence-electron chi connectivity index (χ0n) is 14.9. The number of carbonyl (C=O) groups excluding carboxylic acids is 1. The zero-order valence-corrected chi connectivity index (χ0v) is 16.4. The van der Waals surface area contributed by atoms with Crippen LogP contribution in [0, 0.1) is 0 Å². The van der Waals surface area contributed by atoms with Crippen LogP contribution in [0.2, 0.25) is 10.0 Å². The van der Waals surface area contributed by atoms with E-state index in [-0.39, 0.29) is 15.6 Å². The largest absolute Gasteiger partial charge is 0.497 e. The third kappa shape index (κ3) is 5.82. The molecule has 2 aromatic rings. The zero-order chi connectivity index (χ0) is 18.9. The molecule has 4 nitrogen and oxygen atoms in total. The van der Waals surface area contributed by atoms with Crippen molar-refractivity contribution in [2.24, 2.45) is 0 Å². The smallest absolute Gasteiger partial charge is 0.343 e. The van der Waals surface area contributed by atoms with E-state index in [1.165, 1.54) is 18.6 Å².